The molecule has 0 saturated carbocycles. The Morgan fingerprint density at radius 2 is 1.97 bits per heavy atom. The van der Waals surface area contributed by atoms with Crippen molar-refractivity contribution in [2.45, 2.75) is 18.2 Å². The maximum Gasteiger partial charge on any atom is 0.238 e. The van der Waals surface area contributed by atoms with Crippen molar-refractivity contribution in [3.8, 4) is 17.6 Å². The molecule has 1 aromatic heterocycles. The van der Waals surface area contributed by atoms with Crippen LogP contribution in [0.15, 0.2) is 76.2 Å². The number of nitrogens with zero attached hydrogens (tertiary/aromatic N) is 1. The minimum absolute atomic E-state index is 0.0225. The minimum Gasteiger partial charge on any atom is -0.460 e. The Bertz CT molecular complexity index is 1520. The van der Waals surface area contributed by atoms with Gasteiger partial charge in [0.1, 0.15) is 5.75 Å². The molecule has 0 radical (unpaired) electrons. The number of nitrogens with one attached hydrogen (secondary N) is 1. The molecule has 4 aromatic rings. The predicted molar refractivity (Wildman–Crippen MR) is 122 cm³/mol. The van der Waals surface area contributed by atoms with Crippen LogP contribution in [0.1, 0.15) is 16.7 Å². The van der Waals surface area contributed by atoms with E-state index in [-0.39, 0.29) is 17.2 Å². The summed E-state index contributed by atoms with van der Waals surface area (Å²) >= 11 is 0. The van der Waals surface area contributed by atoms with Crippen molar-refractivity contribution in [1.82, 2.24) is 0 Å². The highest BCUT2D eigenvalue weighted by Gasteiger charge is 2.14. The van der Waals surface area contributed by atoms with E-state index in [4.69, 9.17) is 19.6 Å². The van der Waals surface area contributed by atoms with Crippen LogP contribution in [0, 0.1) is 18.3 Å². The van der Waals surface area contributed by atoms with Crippen LogP contribution in [-0.4, -0.2) is 14.3 Å². The van der Waals surface area contributed by atoms with Crippen molar-refractivity contribution < 1.29 is 22.4 Å². The summed E-state index contributed by atoms with van der Waals surface area (Å²) in [4.78, 5) is 12.7. The molecular formula is C24H19N3O5S. The zero-order chi connectivity index (χ0) is 23.6. The SMILES string of the molecule is Cc1cc(S(N)(=O)=O)ccc1NC(=O)Cc1cc(Oc2cccc(C#N)c2)c2occc2c1. The Hall–Kier alpha value is -4.13. The van der Waals surface area contributed by atoms with Gasteiger partial charge in [0, 0.05) is 11.1 Å². The molecule has 0 spiro atoms. The van der Waals surface area contributed by atoms with E-state index in [1.54, 1.807) is 43.3 Å². The van der Waals surface area contributed by atoms with Crippen LogP contribution in [0.25, 0.3) is 11.0 Å². The first-order valence-corrected chi connectivity index (χ1v) is 11.4. The first-order chi connectivity index (χ1) is 15.7. The summed E-state index contributed by atoms with van der Waals surface area (Å²) in [6, 6.07) is 18.4. The highest BCUT2D eigenvalue weighted by Crippen LogP contribution is 2.33. The Labute approximate surface area is 190 Å². The number of primary sulfonamides is 1. The van der Waals surface area contributed by atoms with Crippen LogP contribution in [0.2, 0.25) is 0 Å². The molecule has 8 nitrogen and oxygen atoms in total. The van der Waals surface area contributed by atoms with E-state index >= 15 is 0 Å². The molecule has 0 aliphatic carbocycles. The number of sulfonamides is 1. The molecule has 9 heteroatoms. The number of carbonyl (C=O) groups excluding carboxylic acids is 1. The molecule has 4 rings (SSSR count). The van der Waals surface area contributed by atoms with Crippen LogP contribution >= 0.6 is 0 Å². The molecule has 0 atom stereocenters. The summed E-state index contributed by atoms with van der Waals surface area (Å²) in [6.45, 7) is 1.68. The molecule has 0 bridgehead atoms. The zero-order valence-electron chi connectivity index (χ0n) is 17.5. The molecule has 3 aromatic carbocycles. The van der Waals surface area contributed by atoms with Gasteiger partial charge in [-0.25, -0.2) is 13.6 Å². The largest absolute Gasteiger partial charge is 0.460 e. The van der Waals surface area contributed by atoms with Crippen LogP contribution in [0.3, 0.4) is 0 Å². The average molecular weight is 461 g/mol. The fraction of sp³-hybridized carbons (Fsp3) is 0.0833. The number of benzene rings is 3. The molecule has 0 fully saturated rings. The summed E-state index contributed by atoms with van der Waals surface area (Å²) in [7, 11) is -3.82. The van der Waals surface area contributed by atoms with Crippen molar-refractivity contribution in [1.29, 1.82) is 5.26 Å². The number of hydrogen-bond acceptors (Lipinski definition) is 6. The lowest BCUT2D eigenvalue weighted by atomic mass is 10.1. The first-order valence-electron chi connectivity index (χ1n) is 9.84. The van der Waals surface area contributed by atoms with Gasteiger partial charge in [0.25, 0.3) is 0 Å². The third-order valence-corrected chi connectivity index (χ3v) is 5.84. The summed E-state index contributed by atoms with van der Waals surface area (Å²) in [5, 5.41) is 17.8. The van der Waals surface area contributed by atoms with Crippen LogP contribution in [-0.2, 0) is 21.2 Å². The van der Waals surface area contributed by atoms with Crippen LogP contribution < -0.4 is 15.2 Å². The Balaban J connectivity index is 1.56. The van der Waals surface area contributed by atoms with Gasteiger partial charge in [0.2, 0.25) is 15.9 Å². The number of furan rings is 1. The van der Waals surface area contributed by atoms with Gasteiger partial charge in [-0.1, -0.05) is 6.07 Å². The van der Waals surface area contributed by atoms with Crippen molar-refractivity contribution in [3.63, 3.8) is 0 Å². The van der Waals surface area contributed by atoms with Crippen molar-refractivity contribution in [3.05, 3.63) is 83.6 Å². The average Bonchev–Trinajstić information content (AvgIpc) is 3.23. The molecule has 0 aliphatic rings. The lowest BCUT2D eigenvalue weighted by Crippen LogP contribution is -2.16. The number of fused-ring (bicyclic) bond motifs is 1. The molecular weight excluding hydrogens is 442 g/mol. The normalized spacial score (nSPS) is 11.2. The van der Waals surface area contributed by atoms with Crippen molar-refractivity contribution >= 4 is 32.6 Å². The zero-order valence-corrected chi connectivity index (χ0v) is 18.3. The second-order valence-corrected chi connectivity index (χ2v) is 8.98. The molecule has 3 N–H and O–H groups in total. The van der Waals surface area contributed by atoms with E-state index in [9.17, 15) is 13.2 Å². The van der Waals surface area contributed by atoms with E-state index in [1.807, 2.05) is 6.07 Å². The topological polar surface area (TPSA) is 135 Å². The summed E-state index contributed by atoms with van der Waals surface area (Å²) < 4.78 is 34.5. The maximum absolute atomic E-state index is 12.7. The van der Waals surface area contributed by atoms with Crippen LogP contribution in [0.4, 0.5) is 5.69 Å². The molecule has 1 heterocycles. The van der Waals surface area contributed by atoms with Gasteiger partial charge >= 0.3 is 0 Å². The van der Waals surface area contributed by atoms with Gasteiger partial charge in [-0.05, 0) is 72.6 Å². The Morgan fingerprint density at radius 1 is 1.15 bits per heavy atom. The lowest BCUT2D eigenvalue weighted by molar-refractivity contribution is -0.115. The van der Waals surface area contributed by atoms with Gasteiger partial charge in [0.05, 0.1) is 29.2 Å². The smallest absolute Gasteiger partial charge is 0.238 e. The van der Waals surface area contributed by atoms with Crippen molar-refractivity contribution in [2.75, 3.05) is 5.32 Å². The second kappa shape index (κ2) is 8.78. The van der Waals surface area contributed by atoms with Crippen molar-refractivity contribution in [2.24, 2.45) is 5.14 Å². The van der Waals surface area contributed by atoms with Gasteiger partial charge in [-0.15, -0.1) is 0 Å². The summed E-state index contributed by atoms with van der Waals surface area (Å²) in [5.74, 6) is 0.602. The third-order valence-electron chi connectivity index (χ3n) is 4.93. The van der Waals surface area contributed by atoms with E-state index < -0.39 is 10.0 Å². The monoisotopic (exact) mass is 461 g/mol. The highest BCUT2D eigenvalue weighted by atomic mass is 32.2. The fourth-order valence-electron chi connectivity index (χ4n) is 3.38. The number of nitrogens with two attached hydrogens (primary N) is 1. The van der Waals surface area contributed by atoms with Crippen LogP contribution in [0.5, 0.6) is 11.5 Å². The number of anilines is 1. The fourth-order valence-corrected chi connectivity index (χ4v) is 3.97. The molecule has 0 unspecified atom stereocenters. The standard InChI is InChI=1S/C24H19N3O5S/c1-15-9-20(33(26,29)30)5-6-21(15)27-23(28)13-17-10-18-7-8-31-24(18)22(12-17)32-19-4-2-3-16(11-19)14-25/h2-12H,13H2,1H3,(H,27,28)(H2,26,29,30). The first kappa shape index (κ1) is 22.1. The molecule has 33 heavy (non-hydrogen) atoms. The van der Waals surface area contributed by atoms with E-state index in [0.29, 0.717) is 39.5 Å². The number of aryl methyl sites for hydroxylation is 1. The second-order valence-electron chi connectivity index (χ2n) is 7.42. The lowest BCUT2D eigenvalue weighted by Gasteiger charge is -2.11. The number of hydrogen-bond donors (Lipinski definition) is 2. The number of nitriles is 1. The number of carbonyl (C=O) groups is 1. The van der Waals surface area contributed by atoms with Gasteiger partial charge in [-0.2, -0.15) is 5.26 Å². The van der Waals surface area contributed by atoms with E-state index in [1.165, 1.54) is 24.5 Å². The summed E-state index contributed by atoms with van der Waals surface area (Å²) in [6.07, 6.45) is 1.58. The van der Waals surface area contributed by atoms with Gasteiger partial charge < -0.3 is 14.5 Å². The number of rotatable bonds is 6. The number of amides is 1. The maximum atomic E-state index is 12.7. The number of ether oxygens (including phenoxy) is 1. The molecule has 166 valence electrons. The summed E-state index contributed by atoms with van der Waals surface area (Å²) in [5.41, 5.74) is 2.73. The molecule has 1 amide bonds. The Morgan fingerprint density at radius 3 is 2.70 bits per heavy atom. The van der Waals surface area contributed by atoms with E-state index in [2.05, 4.69) is 11.4 Å². The third kappa shape index (κ3) is 5.03. The minimum atomic E-state index is -3.82. The molecule has 0 aliphatic heterocycles. The van der Waals surface area contributed by atoms with Gasteiger partial charge in [-0.3, -0.25) is 4.79 Å². The predicted octanol–water partition coefficient (Wildman–Crippen LogP) is 4.23. The van der Waals surface area contributed by atoms with E-state index in [0.717, 1.165) is 5.39 Å². The molecule has 0 saturated heterocycles. The quantitative estimate of drug-likeness (QED) is 0.441. The Kier molecular flexibility index (Phi) is 5.87. The highest BCUT2D eigenvalue weighted by molar-refractivity contribution is 7.89. The van der Waals surface area contributed by atoms with Gasteiger partial charge in [0.15, 0.2) is 11.3 Å².